The summed E-state index contributed by atoms with van der Waals surface area (Å²) in [6.45, 7) is 2.50. The molecule has 253 valence electrons. The van der Waals surface area contributed by atoms with Crippen molar-refractivity contribution in [1.82, 2.24) is 19.5 Å². The van der Waals surface area contributed by atoms with Crippen molar-refractivity contribution in [3.63, 3.8) is 0 Å². The van der Waals surface area contributed by atoms with Crippen LogP contribution in [0.15, 0.2) is 108 Å². The average Bonchev–Trinajstić information content (AvgIpc) is 3.75. The van der Waals surface area contributed by atoms with E-state index in [0.717, 1.165) is 38.3 Å². The molecule has 0 aliphatic rings. The van der Waals surface area contributed by atoms with Crippen LogP contribution in [0.4, 0.5) is 0 Å². The zero-order valence-corrected chi connectivity index (χ0v) is 31.4. The maximum Gasteiger partial charge on any atom is 0.216 e. The van der Waals surface area contributed by atoms with E-state index in [-0.39, 0.29) is 37.1 Å². The van der Waals surface area contributed by atoms with Crippen LogP contribution in [-0.4, -0.2) is 27.6 Å². The van der Waals surface area contributed by atoms with Gasteiger partial charge in [-0.1, -0.05) is 89.9 Å². The molecule has 4 aromatic heterocycles. The molecule has 0 unspecified atom stereocenters. The zero-order chi connectivity index (χ0) is 41.8. The monoisotopic (exact) mass is 858 g/mol. The minimum atomic E-state index is -2.38. The molecule has 1 radical (unpaired) electrons. The average molecular weight is 858 g/mol. The van der Waals surface area contributed by atoms with Crippen molar-refractivity contribution in [3.8, 4) is 33.8 Å². The van der Waals surface area contributed by atoms with Gasteiger partial charge in [-0.3, -0.25) is 4.98 Å². The van der Waals surface area contributed by atoms with Gasteiger partial charge in [0.05, 0.1) is 30.5 Å². The molecular weight excluding hydrogens is 809 g/mol. The van der Waals surface area contributed by atoms with Gasteiger partial charge in [-0.05, 0) is 68.0 Å². The first-order valence-electron chi connectivity index (χ1n) is 20.6. The molecule has 0 bridgehead atoms. The number of para-hydroxylation sites is 2. The van der Waals surface area contributed by atoms with Gasteiger partial charge in [0, 0.05) is 56.3 Å². The van der Waals surface area contributed by atoms with E-state index < -0.39 is 28.6 Å². The van der Waals surface area contributed by atoms with E-state index in [9.17, 15) is 0 Å². The van der Waals surface area contributed by atoms with Gasteiger partial charge in [-0.15, -0.1) is 48.0 Å². The van der Waals surface area contributed by atoms with E-state index in [1.54, 1.807) is 36.4 Å². The molecule has 0 aliphatic carbocycles. The van der Waals surface area contributed by atoms with Crippen molar-refractivity contribution in [2.45, 2.75) is 53.7 Å². The van der Waals surface area contributed by atoms with Crippen molar-refractivity contribution in [3.05, 3.63) is 132 Å². The van der Waals surface area contributed by atoms with E-state index in [1.807, 2.05) is 67.7 Å². The van der Waals surface area contributed by atoms with Crippen molar-refractivity contribution in [2.75, 3.05) is 0 Å². The molecular formula is C43H40IrN4OSi-2. The molecule has 0 atom stereocenters. The van der Waals surface area contributed by atoms with Crippen LogP contribution in [-0.2, 0) is 26.7 Å². The Morgan fingerprint density at radius 2 is 1.70 bits per heavy atom. The molecule has 4 aromatic carbocycles. The van der Waals surface area contributed by atoms with E-state index in [4.69, 9.17) is 21.7 Å². The maximum absolute atomic E-state index is 7.79. The first-order chi connectivity index (χ1) is 27.3. The van der Waals surface area contributed by atoms with Crippen LogP contribution in [0, 0.1) is 32.7 Å². The van der Waals surface area contributed by atoms with E-state index in [0.29, 0.717) is 40.2 Å². The minimum absolute atomic E-state index is 0. The Kier molecular flexibility index (Phi) is 7.22. The predicted molar refractivity (Wildman–Crippen MR) is 206 cm³/mol. The van der Waals surface area contributed by atoms with Gasteiger partial charge in [0.2, 0.25) is 5.71 Å². The summed E-state index contributed by atoms with van der Waals surface area (Å²) in [5.74, 6) is 0.679. The first kappa shape index (κ1) is 25.3. The second-order valence-electron chi connectivity index (χ2n) is 12.8. The number of pyridine rings is 2. The Balaban J connectivity index is 0.000000236. The van der Waals surface area contributed by atoms with Gasteiger partial charge in [0.25, 0.3) is 0 Å². The van der Waals surface area contributed by atoms with Crippen LogP contribution in [0.1, 0.15) is 36.1 Å². The molecule has 0 aliphatic heterocycles. The summed E-state index contributed by atoms with van der Waals surface area (Å²) in [5.41, 5.74) is 6.42. The second kappa shape index (κ2) is 14.3. The van der Waals surface area contributed by atoms with Gasteiger partial charge < -0.3 is 14.0 Å². The Labute approximate surface area is 321 Å². The number of hydrogen-bond acceptors (Lipinski definition) is 4. The number of rotatable bonds is 5. The second-order valence-corrected chi connectivity index (χ2v) is 17.9. The molecule has 0 spiro atoms. The Morgan fingerprint density at radius 3 is 2.42 bits per heavy atom. The van der Waals surface area contributed by atoms with E-state index in [2.05, 4.69) is 46.3 Å². The summed E-state index contributed by atoms with van der Waals surface area (Å²) >= 11 is 0. The number of fused-ring (bicyclic) bond motifs is 4. The maximum atomic E-state index is 7.79. The third-order valence-electron chi connectivity index (χ3n) is 8.52. The fourth-order valence-electron chi connectivity index (χ4n) is 5.96. The quantitative estimate of drug-likeness (QED) is 0.128. The van der Waals surface area contributed by atoms with E-state index >= 15 is 0 Å². The largest absolute Gasteiger partial charge is 0.486 e. The fourth-order valence-corrected chi connectivity index (χ4v) is 6.99. The van der Waals surface area contributed by atoms with E-state index in [1.165, 1.54) is 6.07 Å². The number of nitrogens with zero attached hydrogens (tertiary/aromatic N) is 4. The summed E-state index contributed by atoms with van der Waals surface area (Å²) < 4.78 is 78.1. The molecule has 0 fully saturated rings. The Morgan fingerprint density at radius 1 is 0.880 bits per heavy atom. The van der Waals surface area contributed by atoms with Gasteiger partial charge in [0.1, 0.15) is 0 Å². The summed E-state index contributed by atoms with van der Waals surface area (Å²) in [6.07, 6.45) is 1.82. The molecule has 4 heterocycles. The third-order valence-corrected chi connectivity index (χ3v) is 10.5. The number of furan rings is 1. The number of aromatic nitrogens is 4. The molecule has 5 nitrogen and oxygen atoms in total. The van der Waals surface area contributed by atoms with Crippen LogP contribution in [0.5, 0.6) is 0 Å². The molecule has 8 aromatic rings. The van der Waals surface area contributed by atoms with Crippen molar-refractivity contribution >= 4 is 46.4 Å². The van der Waals surface area contributed by atoms with Crippen molar-refractivity contribution in [1.29, 1.82) is 0 Å². The van der Waals surface area contributed by atoms with Crippen molar-refractivity contribution < 1.29 is 36.9 Å². The normalized spacial score (nSPS) is 14.8. The summed E-state index contributed by atoms with van der Waals surface area (Å²) in [6, 6.07) is 35.1. The number of aryl methyl sites for hydroxylation is 4. The van der Waals surface area contributed by atoms with Gasteiger partial charge >= 0.3 is 0 Å². The van der Waals surface area contributed by atoms with Crippen LogP contribution in [0.25, 0.3) is 66.9 Å². The molecule has 50 heavy (non-hydrogen) atoms. The minimum Gasteiger partial charge on any atom is -0.486 e. The SMILES string of the molecule is [2H]C([2H])([2H])c1cc([Si](C)(C)C)cnc1-c1[c-]cccc1.[2H]C([2H])([2H])c1ccc(-c2c[c-]c(-c3nc4ccccc4n3CC)c3oc4nc(C([2H])([2H])[2H])ccc4c23)cc1.[Ir]. The van der Waals surface area contributed by atoms with Gasteiger partial charge in [-0.25, -0.2) is 4.98 Å². The molecule has 0 amide bonds. The molecule has 0 N–H and O–H groups in total. The Bertz CT molecular complexity index is 2770. The number of imidazole rings is 1. The van der Waals surface area contributed by atoms with Crippen LogP contribution < -0.4 is 5.19 Å². The van der Waals surface area contributed by atoms with Gasteiger partial charge in [0.15, 0.2) is 0 Å². The molecule has 0 saturated carbocycles. The summed E-state index contributed by atoms with van der Waals surface area (Å²) in [7, 11) is -1.59. The van der Waals surface area contributed by atoms with Crippen LogP contribution in [0.3, 0.4) is 0 Å². The number of benzene rings is 4. The molecule has 8 rings (SSSR count). The molecule has 7 heteroatoms. The smallest absolute Gasteiger partial charge is 0.216 e. The first-order valence-corrected chi connectivity index (χ1v) is 19.6. The summed E-state index contributed by atoms with van der Waals surface area (Å²) in [4.78, 5) is 13.6. The topological polar surface area (TPSA) is 56.7 Å². The Hall–Kier alpha value is -4.68. The number of hydrogen-bond donors (Lipinski definition) is 0. The zero-order valence-electron chi connectivity index (χ0n) is 37.1. The molecule has 0 saturated heterocycles. The third kappa shape index (κ3) is 6.73. The fraction of sp³-hybridized carbons (Fsp3) is 0.186. The van der Waals surface area contributed by atoms with Crippen molar-refractivity contribution in [2.24, 2.45) is 0 Å². The predicted octanol–water partition coefficient (Wildman–Crippen LogP) is 10.5. The van der Waals surface area contributed by atoms with Crippen LogP contribution in [0.2, 0.25) is 19.6 Å². The standard InChI is InChI=1S/C28H22N3O.C15H18NSi.Ir/c1-4-31-24-8-6-5-7-23(24)30-27(31)22-16-15-20(19-12-9-17(2)10-13-19)25-21-14-11-18(3)29-28(21)32-26(22)25;1-12-10-14(17(2,3)4)11-16-15(12)13-8-6-5-7-9-13;/h5-15H,4H2,1-3H3;5-8,10-11H,1-4H3;/q2*-1;/i2D3,3D3;1D3;. The van der Waals surface area contributed by atoms with Crippen LogP contribution >= 0.6 is 0 Å². The summed E-state index contributed by atoms with van der Waals surface area (Å²) in [5, 5.41) is 2.44. The van der Waals surface area contributed by atoms with Gasteiger partial charge in [-0.2, -0.15) is 0 Å².